The van der Waals surface area contributed by atoms with Crippen molar-refractivity contribution in [3.8, 4) is 5.69 Å². The van der Waals surface area contributed by atoms with Crippen molar-refractivity contribution in [1.29, 1.82) is 0 Å². The van der Waals surface area contributed by atoms with Crippen LogP contribution in [0.3, 0.4) is 0 Å². The van der Waals surface area contributed by atoms with Crippen LogP contribution in [0, 0.1) is 0 Å². The van der Waals surface area contributed by atoms with E-state index in [4.69, 9.17) is 11.6 Å². The van der Waals surface area contributed by atoms with E-state index in [2.05, 4.69) is 138 Å². The number of hydrazine groups is 1. The highest BCUT2D eigenvalue weighted by Crippen LogP contribution is 2.43. The van der Waals surface area contributed by atoms with Crippen LogP contribution in [-0.4, -0.2) is 9.58 Å². The predicted octanol–water partition coefficient (Wildman–Crippen LogP) is 10.4. The molecule has 0 aliphatic rings. The van der Waals surface area contributed by atoms with Crippen LogP contribution in [-0.2, 0) is 6.54 Å². The van der Waals surface area contributed by atoms with Gasteiger partial charge in [-0.15, -0.1) is 11.3 Å². The lowest BCUT2D eigenvalue weighted by atomic mass is 9.89. The van der Waals surface area contributed by atoms with Crippen LogP contribution in [0.15, 0.2) is 158 Å². The molecule has 0 fully saturated rings. The van der Waals surface area contributed by atoms with E-state index in [0.29, 0.717) is 6.54 Å². The molecule has 232 valence electrons. The number of hydrogen-bond donors (Lipinski definition) is 2. The largest absolute Gasteiger partial charge is 0.322 e. The molecule has 0 saturated heterocycles. The fourth-order valence-electron chi connectivity index (χ4n) is 7.56. The van der Waals surface area contributed by atoms with Crippen LogP contribution in [0.5, 0.6) is 0 Å². The monoisotopic (exact) mass is 638 g/mol. The molecular formula is C43H34N4S. The second kappa shape index (κ2) is 11.7. The molecule has 2 aromatic heterocycles. The van der Waals surface area contributed by atoms with E-state index in [-0.39, 0.29) is 12.1 Å². The molecule has 9 rings (SSSR count). The van der Waals surface area contributed by atoms with Crippen LogP contribution < -0.4 is 11.6 Å². The Morgan fingerprint density at radius 1 is 0.542 bits per heavy atom. The average Bonchev–Trinajstić information content (AvgIpc) is 3.66. The number of nitrogens with two attached hydrogens (primary N) is 2. The van der Waals surface area contributed by atoms with Crippen LogP contribution in [0.2, 0.25) is 0 Å². The lowest BCUT2D eigenvalue weighted by Crippen LogP contribution is -2.40. The number of hydrogen-bond acceptors (Lipinski definition) is 4. The molecule has 0 spiro atoms. The summed E-state index contributed by atoms with van der Waals surface area (Å²) in [6.45, 7) is 0.581. The molecule has 5 heteroatoms. The predicted molar refractivity (Wildman–Crippen MR) is 203 cm³/mol. The van der Waals surface area contributed by atoms with Crippen molar-refractivity contribution in [3.05, 3.63) is 174 Å². The van der Waals surface area contributed by atoms with Gasteiger partial charge < -0.3 is 10.3 Å². The molecule has 2 heterocycles. The van der Waals surface area contributed by atoms with Crippen LogP contribution in [0.4, 0.5) is 0 Å². The maximum atomic E-state index is 7.31. The topological polar surface area (TPSA) is 60.2 Å². The molecule has 7 aromatic carbocycles. The van der Waals surface area contributed by atoms with Gasteiger partial charge in [0.2, 0.25) is 0 Å². The van der Waals surface area contributed by atoms with Gasteiger partial charge in [-0.3, -0.25) is 5.84 Å². The third kappa shape index (κ3) is 4.71. The summed E-state index contributed by atoms with van der Waals surface area (Å²) in [4.78, 5) is 0. The number of fused-ring (bicyclic) bond motifs is 7. The van der Waals surface area contributed by atoms with Crippen molar-refractivity contribution >= 4 is 64.1 Å². The average molecular weight is 639 g/mol. The fourth-order valence-corrected chi connectivity index (χ4v) is 8.68. The van der Waals surface area contributed by atoms with Crippen LogP contribution >= 0.6 is 11.3 Å². The van der Waals surface area contributed by atoms with Crippen molar-refractivity contribution in [3.63, 3.8) is 0 Å². The minimum absolute atomic E-state index is 0.241. The summed E-state index contributed by atoms with van der Waals surface area (Å²) in [7, 11) is 0. The summed E-state index contributed by atoms with van der Waals surface area (Å²) in [6, 6.07) is 55.5. The highest BCUT2D eigenvalue weighted by molar-refractivity contribution is 7.25. The zero-order valence-electron chi connectivity index (χ0n) is 26.3. The van der Waals surface area contributed by atoms with E-state index >= 15 is 0 Å². The van der Waals surface area contributed by atoms with Gasteiger partial charge in [0.1, 0.15) is 0 Å². The Labute approximate surface area is 283 Å². The molecule has 0 aliphatic heterocycles. The van der Waals surface area contributed by atoms with Gasteiger partial charge in [-0.1, -0.05) is 127 Å². The summed E-state index contributed by atoms with van der Waals surface area (Å²) in [6.07, 6.45) is 0. The number of thiophene rings is 1. The molecule has 9 aromatic rings. The standard InChI is InChI=1S/C43H34N4S/c44-42(43(29-15-5-2-6-16-29)46(45)27-28-13-3-1-4-14-28)34-23-24-38(31-18-8-7-17-30(31)34)47-37-21-11-9-19-32(37)35-25-36-33-20-10-12-22-40(33)48-41(36)26-39(35)47/h1-26,42-43H,27,44-45H2/t42-,43?/m0/s1. The number of benzene rings is 7. The Balaban J connectivity index is 1.23. The summed E-state index contributed by atoms with van der Waals surface area (Å²) in [5, 5.41) is 9.31. The number of rotatable bonds is 7. The van der Waals surface area contributed by atoms with Gasteiger partial charge in [-0.25, -0.2) is 5.01 Å². The summed E-state index contributed by atoms with van der Waals surface area (Å²) < 4.78 is 5.04. The Kier molecular flexibility index (Phi) is 7.07. The molecule has 0 radical (unpaired) electrons. The first kappa shape index (κ1) is 28.9. The summed E-state index contributed by atoms with van der Waals surface area (Å²) in [5.74, 6) is 6.92. The highest BCUT2D eigenvalue weighted by Gasteiger charge is 2.28. The normalized spacial score (nSPS) is 13.3. The minimum Gasteiger partial charge on any atom is -0.322 e. The van der Waals surface area contributed by atoms with E-state index < -0.39 is 0 Å². The van der Waals surface area contributed by atoms with E-state index in [1.807, 2.05) is 40.6 Å². The van der Waals surface area contributed by atoms with Gasteiger partial charge >= 0.3 is 0 Å². The van der Waals surface area contributed by atoms with Crippen molar-refractivity contribution in [2.45, 2.75) is 18.6 Å². The van der Waals surface area contributed by atoms with Gasteiger partial charge in [0.25, 0.3) is 0 Å². The van der Waals surface area contributed by atoms with Crippen molar-refractivity contribution in [2.24, 2.45) is 11.6 Å². The molecule has 0 amide bonds. The van der Waals surface area contributed by atoms with Crippen molar-refractivity contribution in [1.82, 2.24) is 9.58 Å². The van der Waals surface area contributed by atoms with Crippen molar-refractivity contribution in [2.75, 3.05) is 0 Å². The van der Waals surface area contributed by atoms with Gasteiger partial charge in [0.15, 0.2) is 0 Å². The molecule has 0 saturated carbocycles. The van der Waals surface area contributed by atoms with E-state index in [9.17, 15) is 0 Å². The van der Waals surface area contributed by atoms with E-state index in [1.54, 1.807) is 0 Å². The Bertz CT molecular complexity index is 2590. The van der Waals surface area contributed by atoms with Gasteiger partial charge in [0.05, 0.1) is 28.8 Å². The molecule has 0 aliphatic carbocycles. The molecule has 2 atom stereocenters. The Morgan fingerprint density at radius 2 is 1.19 bits per heavy atom. The van der Waals surface area contributed by atoms with Gasteiger partial charge in [-0.2, -0.15) is 0 Å². The smallest absolute Gasteiger partial charge is 0.0687 e. The van der Waals surface area contributed by atoms with Gasteiger partial charge in [-0.05, 0) is 52.4 Å². The maximum absolute atomic E-state index is 7.31. The summed E-state index contributed by atoms with van der Waals surface area (Å²) in [5.41, 5.74) is 14.1. The molecule has 1 unspecified atom stereocenters. The third-order valence-electron chi connectivity index (χ3n) is 9.75. The molecule has 4 N–H and O–H groups in total. The van der Waals surface area contributed by atoms with Gasteiger partial charge in [0, 0.05) is 42.9 Å². The second-order valence-corrected chi connectivity index (χ2v) is 13.7. The first-order valence-corrected chi connectivity index (χ1v) is 17.2. The number of para-hydroxylation sites is 1. The zero-order chi connectivity index (χ0) is 32.2. The lowest BCUT2D eigenvalue weighted by Gasteiger charge is -2.33. The van der Waals surface area contributed by atoms with Crippen LogP contribution in [0.1, 0.15) is 28.8 Å². The lowest BCUT2D eigenvalue weighted by molar-refractivity contribution is 0.166. The molecule has 48 heavy (non-hydrogen) atoms. The zero-order valence-corrected chi connectivity index (χ0v) is 27.1. The number of nitrogens with zero attached hydrogens (tertiary/aromatic N) is 2. The quantitative estimate of drug-likeness (QED) is 0.135. The van der Waals surface area contributed by atoms with E-state index in [0.717, 1.165) is 33.2 Å². The number of aromatic nitrogens is 1. The summed E-state index contributed by atoms with van der Waals surface area (Å²) >= 11 is 1.86. The third-order valence-corrected chi connectivity index (χ3v) is 10.9. The molecule has 4 nitrogen and oxygen atoms in total. The highest BCUT2D eigenvalue weighted by atomic mass is 32.1. The maximum Gasteiger partial charge on any atom is 0.0687 e. The first-order valence-electron chi connectivity index (χ1n) is 16.4. The SMILES string of the molecule is N[C@@H](c1ccc(-n2c3ccccc3c3cc4c(cc32)sc2ccccc24)c2ccccc12)C(c1ccccc1)N(N)Cc1ccccc1. The van der Waals surface area contributed by atoms with E-state index in [1.165, 1.54) is 42.0 Å². The Hall–Kier alpha value is -5.30. The minimum atomic E-state index is -0.378. The van der Waals surface area contributed by atoms with Crippen LogP contribution in [0.25, 0.3) is 58.4 Å². The Morgan fingerprint density at radius 3 is 1.98 bits per heavy atom. The van der Waals surface area contributed by atoms with Crippen molar-refractivity contribution < 1.29 is 0 Å². The first-order chi connectivity index (χ1) is 23.7. The second-order valence-electron chi connectivity index (χ2n) is 12.6. The fraction of sp³-hybridized carbons (Fsp3) is 0.0698. The molecular weight excluding hydrogens is 605 g/mol. The molecule has 0 bridgehead atoms.